The normalized spacial score (nSPS) is 12.9. The predicted molar refractivity (Wildman–Crippen MR) is 286 cm³/mol. The van der Waals surface area contributed by atoms with Gasteiger partial charge < -0.3 is 15.5 Å². The van der Waals surface area contributed by atoms with Gasteiger partial charge in [0.05, 0.1) is 18.8 Å². The molecule has 0 rings (SSSR count). The number of rotatable bonds is 55. The molecule has 0 fully saturated rings. The highest BCUT2D eigenvalue weighted by Gasteiger charge is 2.18. The van der Waals surface area contributed by atoms with E-state index >= 15 is 0 Å². The third-order valence-electron chi connectivity index (χ3n) is 13.9. The molecule has 4 heteroatoms. The third-order valence-corrected chi connectivity index (χ3v) is 13.9. The quantitative estimate of drug-likeness (QED) is 0.0421. The van der Waals surface area contributed by atoms with Crippen LogP contribution in [0.3, 0.4) is 0 Å². The predicted octanol–water partition coefficient (Wildman–Crippen LogP) is 19.5. The number of aliphatic hydroxyl groups is 2. The van der Waals surface area contributed by atoms with E-state index in [4.69, 9.17) is 0 Å². The van der Waals surface area contributed by atoms with Gasteiger partial charge >= 0.3 is 0 Å². The van der Waals surface area contributed by atoms with E-state index in [-0.39, 0.29) is 12.5 Å². The average Bonchev–Trinajstić information content (AvgIpc) is 3.30. The van der Waals surface area contributed by atoms with E-state index in [1.54, 1.807) is 6.08 Å². The van der Waals surface area contributed by atoms with E-state index in [0.717, 1.165) is 25.7 Å². The maximum absolute atomic E-state index is 12.5. The Bertz CT molecular complexity index is 932. The molecule has 0 aliphatic rings. The van der Waals surface area contributed by atoms with Crippen molar-refractivity contribution in [3.8, 4) is 0 Å². The van der Waals surface area contributed by atoms with Gasteiger partial charge in [-0.3, -0.25) is 4.79 Å². The Morgan fingerprint density at radius 2 is 0.594 bits per heavy atom. The number of carbonyl (C=O) groups is 1. The molecule has 0 heterocycles. The Morgan fingerprint density at radius 3 is 0.859 bits per heavy atom. The zero-order valence-electron chi connectivity index (χ0n) is 43.8. The lowest BCUT2D eigenvalue weighted by molar-refractivity contribution is -0.123. The van der Waals surface area contributed by atoms with Crippen molar-refractivity contribution >= 4 is 5.91 Å². The highest BCUT2D eigenvalue weighted by molar-refractivity contribution is 5.76. The highest BCUT2D eigenvalue weighted by Crippen LogP contribution is 2.18. The molecule has 64 heavy (non-hydrogen) atoms. The van der Waals surface area contributed by atoms with E-state index in [1.165, 1.54) is 289 Å². The zero-order valence-corrected chi connectivity index (χ0v) is 43.8. The van der Waals surface area contributed by atoms with Gasteiger partial charge in [0.15, 0.2) is 0 Å². The van der Waals surface area contributed by atoms with Gasteiger partial charge in [0, 0.05) is 6.42 Å². The summed E-state index contributed by atoms with van der Waals surface area (Å²) in [6.07, 6.45) is 75.0. The molecule has 0 saturated heterocycles. The average molecular weight is 901 g/mol. The first-order chi connectivity index (χ1) is 31.7. The molecule has 0 bridgehead atoms. The number of allylic oxidation sites excluding steroid dienone is 3. The fourth-order valence-electron chi connectivity index (χ4n) is 9.41. The first-order valence-corrected chi connectivity index (χ1v) is 29.6. The van der Waals surface area contributed by atoms with Crippen LogP contribution in [0, 0.1) is 0 Å². The fraction of sp³-hybridized carbons (Fsp3) is 0.917. The minimum absolute atomic E-state index is 0.0569. The van der Waals surface area contributed by atoms with E-state index in [0.29, 0.717) is 6.42 Å². The van der Waals surface area contributed by atoms with Crippen LogP contribution in [0.2, 0.25) is 0 Å². The minimum atomic E-state index is -0.836. The molecule has 0 aromatic heterocycles. The molecule has 2 atom stereocenters. The molecule has 3 N–H and O–H groups in total. The van der Waals surface area contributed by atoms with Crippen LogP contribution in [-0.2, 0) is 4.79 Å². The lowest BCUT2D eigenvalue weighted by atomic mass is 10.0. The van der Waals surface area contributed by atoms with Crippen molar-refractivity contribution in [3.05, 3.63) is 24.3 Å². The van der Waals surface area contributed by atoms with Gasteiger partial charge in [-0.15, -0.1) is 0 Å². The number of amides is 1. The van der Waals surface area contributed by atoms with Crippen molar-refractivity contribution in [2.75, 3.05) is 6.61 Å². The maximum atomic E-state index is 12.5. The zero-order chi connectivity index (χ0) is 46.3. The Hall–Kier alpha value is -1.13. The number of nitrogens with one attached hydrogen (secondary N) is 1. The lowest BCUT2D eigenvalue weighted by Crippen LogP contribution is -2.45. The Balaban J connectivity index is 3.40. The van der Waals surface area contributed by atoms with Gasteiger partial charge in [-0.1, -0.05) is 308 Å². The molecule has 0 aliphatic carbocycles. The number of unbranched alkanes of at least 4 members (excludes halogenated alkanes) is 46. The summed E-state index contributed by atoms with van der Waals surface area (Å²) in [5, 5.41) is 23.2. The summed E-state index contributed by atoms with van der Waals surface area (Å²) < 4.78 is 0. The monoisotopic (exact) mass is 900 g/mol. The van der Waals surface area contributed by atoms with Crippen molar-refractivity contribution in [2.24, 2.45) is 0 Å². The summed E-state index contributed by atoms with van der Waals surface area (Å²) in [5.41, 5.74) is 0. The maximum Gasteiger partial charge on any atom is 0.220 e. The molecule has 2 unspecified atom stereocenters. The van der Waals surface area contributed by atoms with Crippen LogP contribution in [0.1, 0.15) is 335 Å². The lowest BCUT2D eigenvalue weighted by Gasteiger charge is -2.20. The van der Waals surface area contributed by atoms with Gasteiger partial charge in [0.25, 0.3) is 0 Å². The number of aliphatic hydroxyl groups excluding tert-OH is 2. The van der Waals surface area contributed by atoms with E-state index in [2.05, 4.69) is 31.3 Å². The highest BCUT2D eigenvalue weighted by atomic mass is 16.3. The van der Waals surface area contributed by atoms with E-state index in [1.807, 2.05) is 6.08 Å². The van der Waals surface area contributed by atoms with Gasteiger partial charge in [0.2, 0.25) is 5.91 Å². The summed E-state index contributed by atoms with van der Waals surface area (Å²) in [6.45, 7) is 4.34. The topological polar surface area (TPSA) is 69.6 Å². The summed E-state index contributed by atoms with van der Waals surface area (Å²) in [6, 6.07) is -0.619. The van der Waals surface area contributed by atoms with Crippen LogP contribution in [0.4, 0.5) is 0 Å². The van der Waals surface area contributed by atoms with Gasteiger partial charge in [0.1, 0.15) is 0 Å². The summed E-state index contributed by atoms with van der Waals surface area (Å²) >= 11 is 0. The van der Waals surface area contributed by atoms with Crippen molar-refractivity contribution < 1.29 is 15.0 Å². The van der Waals surface area contributed by atoms with Gasteiger partial charge in [-0.2, -0.15) is 0 Å². The molecule has 0 aromatic rings. The molecule has 4 nitrogen and oxygen atoms in total. The molecular weight excluding hydrogens is 783 g/mol. The van der Waals surface area contributed by atoms with Crippen LogP contribution in [0.25, 0.3) is 0 Å². The third kappa shape index (κ3) is 51.8. The minimum Gasteiger partial charge on any atom is -0.394 e. The SMILES string of the molecule is CCCCCCCCCC/C=C\CCCCCCCCCCCCCCCCCCCCCCCCCC(=O)NC(CO)C(O)/C=C/CCCCCCCCCCCCCCCCC. The van der Waals surface area contributed by atoms with Gasteiger partial charge in [-0.05, 0) is 44.9 Å². The van der Waals surface area contributed by atoms with Crippen LogP contribution in [0.15, 0.2) is 24.3 Å². The van der Waals surface area contributed by atoms with Crippen molar-refractivity contribution in [3.63, 3.8) is 0 Å². The van der Waals surface area contributed by atoms with Crippen molar-refractivity contribution in [2.45, 2.75) is 347 Å². The Morgan fingerprint density at radius 1 is 0.359 bits per heavy atom. The van der Waals surface area contributed by atoms with Crippen LogP contribution in [0.5, 0.6) is 0 Å². The largest absolute Gasteiger partial charge is 0.394 e. The summed E-state index contributed by atoms with van der Waals surface area (Å²) in [4.78, 5) is 12.5. The standard InChI is InChI=1S/C60H117NO3/c1-3-5-7-9-11-13-15-17-19-21-22-23-24-25-26-27-28-29-30-31-32-33-34-35-36-37-38-40-42-44-46-48-50-52-54-56-60(64)61-58(57-62)59(63)55-53-51-49-47-45-43-41-39-20-18-16-14-12-10-8-6-4-2/h21-22,53,55,58-59,62-63H,3-20,23-52,54,56-57H2,1-2H3,(H,61,64)/b22-21-,55-53+. The van der Waals surface area contributed by atoms with Crippen molar-refractivity contribution in [1.29, 1.82) is 0 Å². The second-order valence-electron chi connectivity index (χ2n) is 20.4. The smallest absolute Gasteiger partial charge is 0.220 e. The number of hydrogen-bond donors (Lipinski definition) is 3. The first-order valence-electron chi connectivity index (χ1n) is 29.6. The first kappa shape index (κ1) is 62.9. The molecule has 380 valence electrons. The van der Waals surface area contributed by atoms with E-state index in [9.17, 15) is 15.0 Å². The number of hydrogen-bond acceptors (Lipinski definition) is 3. The molecular formula is C60H117NO3. The van der Waals surface area contributed by atoms with Gasteiger partial charge in [-0.25, -0.2) is 0 Å². The second-order valence-corrected chi connectivity index (χ2v) is 20.4. The molecule has 0 aromatic carbocycles. The second kappa shape index (κ2) is 56.2. The summed E-state index contributed by atoms with van der Waals surface area (Å²) in [7, 11) is 0. The molecule has 0 radical (unpaired) electrons. The van der Waals surface area contributed by atoms with Crippen molar-refractivity contribution in [1.82, 2.24) is 5.32 Å². The van der Waals surface area contributed by atoms with Crippen LogP contribution >= 0.6 is 0 Å². The molecule has 0 spiro atoms. The molecule has 0 saturated carbocycles. The Kier molecular flexibility index (Phi) is 55.2. The van der Waals surface area contributed by atoms with Crippen LogP contribution in [-0.4, -0.2) is 34.9 Å². The number of carbonyl (C=O) groups excluding carboxylic acids is 1. The fourth-order valence-corrected chi connectivity index (χ4v) is 9.41. The molecule has 1 amide bonds. The van der Waals surface area contributed by atoms with Crippen LogP contribution < -0.4 is 5.32 Å². The summed E-state index contributed by atoms with van der Waals surface area (Å²) in [5.74, 6) is -0.0569. The molecule has 0 aliphatic heterocycles. The van der Waals surface area contributed by atoms with E-state index < -0.39 is 12.1 Å². The Labute approximate surface area is 402 Å².